The van der Waals surface area contributed by atoms with Crippen LogP contribution in [0.4, 0.5) is 11.4 Å². The molecule has 13 rings (SSSR count). The van der Waals surface area contributed by atoms with Gasteiger partial charge in [0.25, 0.3) is 0 Å². The van der Waals surface area contributed by atoms with Crippen LogP contribution in [0.25, 0.3) is 26.4 Å². The number of oxazole rings is 1. The van der Waals surface area contributed by atoms with Crippen LogP contribution in [0, 0.1) is 35.7 Å². The molecule has 4 bridgehead atoms. The van der Waals surface area contributed by atoms with Gasteiger partial charge in [-0.25, -0.2) is 24.0 Å². The Morgan fingerprint density at radius 3 is 2.19 bits per heavy atom. The van der Waals surface area contributed by atoms with E-state index in [4.69, 9.17) is 49.3 Å². The molecule has 12 nitrogen and oxygen atoms in total. The summed E-state index contributed by atoms with van der Waals surface area (Å²) in [6, 6.07) is 32.1. The van der Waals surface area contributed by atoms with Crippen LogP contribution >= 0.6 is 58.1 Å². The van der Waals surface area contributed by atoms with Crippen molar-refractivity contribution in [3.8, 4) is 10.4 Å². The number of pyridine rings is 1. The summed E-state index contributed by atoms with van der Waals surface area (Å²) >= 11 is 16.4. The van der Waals surface area contributed by atoms with Crippen molar-refractivity contribution in [1.82, 2.24) is 9.55 Å². The van der Waals surface area contributed by atoms with Gasteiger partial charge in [0, 0.05) is 38.4 Å². The maximum absolute atomic E-state index is 13.0. The minimum atomic E-state index is -0.934. The molecule has 4 heterocycles. The zero-order valence-corrected chi connectivity index (χ0v) is 46.5. The normalized spacial score (nSPS) is 22.4. The fourth-order valence-electron chi connectivity index (χ4n) is 12.5. The first kappa shape index (κ1) is 55.1. The van der Waals surface area contributed by atoms with Crippen molar-refractivity contribution >= 4 is 109 Å². The number of thioether (sulfide) groups is 2. The number of carboxylic acid groups (broad SMARTS) is 2. The molecule has 5 fully saturated rings. The van der Waals surface area contributed by atoms with Crippen LogP contribution in [0.1, 0.15) is 108 Å². The maximum atomic E-state index is 13.0. The molecule has 5 aliphatic carbocycles. The lowest BCUT2D eigenvalue weighted by atomic mass is 9.48. The van der Waals surface area contributed by atoms with E-state index in [0.717, 1.165) is 98.8 Å². The average Bonchev–Trinajstić information content (AvgIpc) is 4.21. The molecule has 4 aromatic carbocycles. The Hall–Kier alpha value is -6.28. The number of aromatic nitrogens is 2. The van der Waals surface area contributed by atoms with Crippen molar-refractivity contribution in [2.24, 2.45) is 34.1 Å². The first-order chi connectivity index (χ1) is 37.7. The highest BCUT2D eigenvalue weighted by Crippen LogP contribution is 2.62. The fourth-order valence-corrected chi connectivity index (χ4v) is 15.8. The van der Waals surface area contributed by atoms with Gasteiger partial charge in [-0.3, -0.25) is 19.4 Å². The van der Waals surface area contributed by atoms with Crippen LogP contribution < -0.4 is 5.76 Å². The highest BCUT2D eigenvalue weighted by Gasteiger charge is 2.51. The number of carbonyl (C=O) groups excluding carboxylic acids is 2. The van der Waals surface area contributed by atoms with Crippen LogP contribution in [0.15, 0.2) is 134 Å². The highest BCUT2D eigenvalue weighted by atomic mass is 35.5. The van der Waals surface area contributed by atoms with Gasteiger partial charge in [-0.15, -0.1) is 23.1 Å². The molecule has 3 aromatic heterocycles. The molecule has 0 radical (unpaired) electrons. The molecule has 400 valence electrons. The van der Waals surface area contributed by atoms with Crippen molar-refractivity contribution < 1.29 is 33.8 Å². The summed E-state index contributed by atoms with van der Waals surface area (Å²) in [5.74, 6) is 0.211. The average molecular weight is 1140 g/mol. The topological polar surface area (TPSA) is 173 Å². The van der Waals surface area contributed by atoms with E-state index >= 15 is 0 Å². The van der Waals surface area contributed by atoms with Gasteiger partial charge in [0.2, 0.25) is 11.6 Å². The number of Topliss-reactive ketones (excluding diaryl/α,β-unsaturated/α-hetero) is 1. The monoisotopic (exact) mass is 1140 g/mol. The molecule has 0 spiro atoms. The summed E-state index contributed by atoms with van der Waals surface area (Å²) in [4.78, 5) is 74.3. The molecular formula is C61H56Cl2N4O8S3. The number of hydrogen-bond acceptors (Lipinski definition) is 11. The molecule has 4 saturated carbocycles. The van der Waals surface area contributed by atoms with Crippen LogP contribution in [0.5, 0.6) is 0 Å². The zero-order chi connectivity index (χ0) is 54.5. The minimum absolute atomic E-state index is 0.0404. The van der Waals surface area contributed by atoms with Crippen LogP contribution in [-0.2, 0) is 34.6 Å². The summed E-state index contributed by atoms with van der Waals surface area (Å²) in [7, 11) is 0. The smallest absolute Gasteiger partial charge is 0.426 e. The molecule has 2 N–H and O–H groups in total. The van der Waals surface area contributed by atoms with Gasteiger partial charge in [-0.05, 0) is 183 Å². The Morgan fingerprint density at radius 2 is 1.54 bits per heavy atom. The molecule has 0 amide bonds. The van der Waals surface area contributed by atoms with Gasteiger partial charge in [0.15, 0.2) is 5.58 Å². The molecular weight excluding hydrogens is 1080 g/mol. The Balaban J connectivity index is 0.000000135. The Labute approximate surface area is 474 Å². The molecule has 7 aromatic rings. The number of hydrogen-bond donors (Lipinski definition) is 2. The number of aryl methyl sites for hydroxylation is 1. The molecule has 2 unspecified atom stereocenters. The largest absolute Gasteiger partial charge is 0.480 e. The van der Waals surface area contributed by atoms with Gasteiger partial charge < -0.3 is 14.6 Å². The van der Waals surface area contributed by atoms with Crippen molar-refractivity contribution in [2.45, 2.75) is 106 Å². The summed E-state index contributed by atoms with van der Waals surface area (Å²) in [6.45, 7) is 7.81. The lowest BCUT2D eigenvalue weighted by molar-refractivity contribution is -0.138. The number of rotatable bonds is 12. The number of ketones is 1. The lowest BCUT2D eigenvalue weighted by Crippen LogP contribution is -2.46. The van der Waals surface area contributed by atoms with E-state index < -0.39 is 22.9 Å². The van der Waals surface area contributed by atoms with Crippen molar-refractivity contribution in [1.29, 1.82) is 0 Å². The Morgan fingerprint density at radius 1 is 0.846 bits per heavy atom. The van der Waals surface area contributed by atoms with Gasteiger partial charge in [0.1, 0.15) is 16.1 Å². The first-order valence-electron chi connectivity index (χ1n) is 26.3. The second-order valence-electron chi connectivity index (χ2n) is 21.1. The van der Waals surface area contributed by atoms with Crippen LogP contribution in [0.2, 0.25) is 10.0 Å². The van der Waals surface area contributed by atoms with Gasteiger partial charge in [-0.1, -0.05) is 83.5 Å². The standard InChI is InChI=1S/C24H28ClNO3S.C22H18N2O2S2.C15H10ClNO3/c25-17-1-3-18(4-2-17)26-22-19(20(27)10-21(30-22)23(28)29)5-6-24-11-14-7-15(12-24)9-16(8-14)13-24;1-23-20-19(18-7-4-12-27-18)16-5-2-3-6-17(16)24-21(20)28-13-14-8-10-15(11-9-14)22(25)26;16-11-6-7-13-12(9-11)17(15(19)20-13)14(18)8-10-4-2-1-3-5-10/h1-4,14-16,19,21H,5-13H2,(H,28,29);4,7-12H,2-3,5-6,13H2,(H,25,26);1-7,9H,8H2. The predicted octanol–water partition coefficient (Wildman–Crippen LogP) is 15.5. The maximum Gasteiger partial charge on any atom is 0.426 e. The second kappa shape index (κ2) is 24.4. The third-order valence-electron chi connectivity index (χ3n) is 15.7. The van der Waals surface area contributed by atoms with Crippen molar-refractivity contribution in [3.05, 3.63) is 175 Å². The number of carboxylic acids is 2. The number of aliphatic carboxylic acids is 1. The number of aliphatic imine (C=N–C) groups is 1. The number of halogens is 2. The second-order valence-corrected chi connectivity index (χ2v) is 25.1. The molecule has 6 aliphatic rings. The van der Waals surface area contributed by atoms with E-state index in [1.165, 1.54) is 55.9 Å². The van der Waals surface area contributed by atoms with Crippen molar-refractivity contribution in [2.75, 3.05) is 0 Å². The van der Waals surface area contributed by atoms with Crippen LogP contribution in [0.3, 0.4) is 0 Å². The summed E-state index contributed by atoms with van der Waals surface area (Å²) in [6.07, 6.45) is 14.6. The van der Waals surface area contributed by atoms with Crippen molar-refractivity contribution in [3.63, 3.8) is 0 Å². The quantitative estimate of drug-likeness (QED) is 0.0880. The van der Waals surface area contributed by atoms with Crippen LogP contribution in [-0.4, -0.2) is 53.7 Å². The van der Waals surface area contributed by atoms with E-state index in [2.05, 4.69) is 16.3 Å². The Bertz CT molecular complexity index is 3460. The zero-order valence-electron chi connectivity index (χ0n) is 42.6. The minimum Gasteiger partial charge on any atom is -0.480 e. The molecule has 2 atom stereocenters. The summed E-state index contributed by atoms with van der Waals surface area (Å²) in [5, 5.41) is 22.4. The molecule has 78 heavy (non-hydrogen) atoms. The van der Waals surface area contributed by atoms with Gasteiger partial charge in [0.05, 0.1) is 40.7 Å². The SMILES string of the molecule is O=C(Cc1ccccc1)n1c(=O)oc2ccc(Cl)cc21.O=C(O)C1CC(=O)C(CCC23CC4CC(CC(C4)C2)C3)C(=Nc2ccc(Cl)cc2)S1.[C-]#[N+]c1c(SCc2ccc(C(=O)O)cc2)nc2c(c1-c1cccs1)CCCC2. The van der Waals surface area contributed by atoms with E-state index in [1.54, 1.807) is 65.6 Å². The molecule has 1 saturated heterocycles. The number of benzene rings is 4. The van der Waals surface area contributed by atoms with Gasteiger partial charge >= 0.3 is 17.7 Å². The number of fused-ring (bicyclic) bond motifs is 2. The van der Waals surface area contributed by atoms with E-state index in [9.17, 15) is 29.1 Å². The summed E-state index contributed by atoms with van der Waals surface area (Å²) < 4.78 is 6.06. The number of aromatic carboxylic acids is 1. The summed E-state index contributed by atoms with van der Waals surface area (Å²) in [5.41, 5.74) is 8.10. The van der Waals surface area contributed by atoms with E-state index in [-0.39, 0.29) is 36.0 Å². The predicted molar refractivity (Wildman–Crippen MR) is 310 cm³/mol. The van der Waals surface area contributed by atoms with E-state index in [1.807, 2.05) is 60.7 Å². The third kappa shape index (κ3) is 12.7. The molecule has 1 aliphatic heterocycles. The number of thiophene rings is 1. The highest BCUT2D eigenvalue weighted by molar-refractivity contribution is 8.15. The third-order valence-corrected chi connectivity index (χ3v) is 19.3. The fraction of sp³-hybridized carbons (Fsp3) is 0.344. The lowest BCUT2D eigenvalue weighted by Gasteiger charge is -2.57. The molecule has 17 heteroatoms. The first-order valence-corrected chi connectivity index (χ1v) is 29.8. The van der Waals surface area contributed by atoms with E-state index in [0.29, 0.717) is 43.0 Å². The van der Waals surface area contributed by atoms with Gasteiger partial charge in [-0.2, -0.15) is 0 Å². The number of nitrogens with zero attached hydrogens (tertiary/aromatic N) is 4. The Kier molecular flexibility index (Phi) is 17.2. The number of carbonyl (C=O) groups is 4.